The van der Waals surface area contributed by atoms with Crippen LogP contribution in [0.15, 0.2) is 6.33 Å². The Hall–Kier alpha value is -1.56. The molecule has 1 rings (SSSR count). The Balaban J connectivity index is 2.78. The molecule has 0 spiro atoms. The second-order valence-electron chi connectivity index (χ2n) is 4.23. The Morgan fingerprint density at radius 1 is 1.20 bits per heavy atom. The average molecular weight is 210 g/mol. The van der Waals surface area contributed by atoms with Crippen LogP contribution in [0.5, 0.6) is 0 Å². The lowest BCUT2D eigenvalue weighted by Crippen LogP contribution is -2.40. The summed E-state index contributed by atoms with van der Waals surface area (Å²) in [5.74, 6) is 1.19. The van der Waals surface area contributed by atoms with Gasteiger partial charge in [0.25, 0.3) is 0 Å². The van der Waals surface area contributed by atoms with Gasteiger partial charge in [-0.2, -0.15) is 0 Å². The highest BCUT2D eigenvalue weighted by Gasteiger charge is 2.11. The molecule has 0 unspecified atom stereocenters. The number of hydrogen-bond acceptors (Lipinski definition) is 6. The number of aromatic nitrogens is 2. The molecule has 0 aliphatic heterocycles. The van der Waals surface area contributed by atoms with Gasteiger partial charge in [-0.15, -0.1) is 0 Å². The Labute approximate surface area is 89.7 Å². The maximum Gasteiger partial charge on any atom is 0.169 e. The molecule has 0 saturated heterocycles. The molecule has 0 atom stereocenters. The molecule has 0 amide bonds. The Kier molecular flexibility index (Phi) is 3.31. The first kappa shape index (κ1) is 11.5. The van der Waals surface area contributed by atoms with Crippen molar-refractivity contribution in [2.24, 2.45) is 0 Å². The van der Waals surface area contributed by atoms with E-state index in [4.69, 9.17) is 5.73 Å². The van der Waals surface area contributed by atoms with E-state index in [1.807, 2.05) is 20.8 Å². The molecule has 6 heteroatoms. The molecule has 1 aromatic rings. The summed E-state index contributed by atoms with van der Waals surface area (Å²) in [4.78, 5) is 8.03. The third kappa shape index (κ3) is 3.25. The van der Waals surface area contributed by atoms with Gasteiger partial charge in [0.05, 0.1) is 0 Å². The quantitative estimate of drug-likeness (QED) is 0.552. The van der Waals surface area contributed by atoms with Gasteiger partial charge in [-0.3, -0.25) is 0 Å². The Morgan fingerprint density at radius 2 is 1.80 bits per heavy atom. The molecule has 0 aliphatic rings. The van der Waals surface area contributed by atoms with Crippen LogP contribution >= 0.6 is 0 Å². The van der Waals surface area contributed by atoms with E-state index in [1.165, 1.54) is 6.33 Å². The van der Waals surface area contributed by atoms with E-state index < -0.39 is 0 Å². The lowest BCUT2D eigenvalue weighted by molar-refractivity contribution is 0.464. The summed E-state index contributed by atoms with van der Waals surface area (Å²) >= 11 is 0. The highest BCUT2D eigenvalue weighted by atomic mass is 15.4. The minimum atomic E-state index is -0.0583. The van der Waals surface area contributed by atoms with Crippen LogP contribution in [-0.2, 0) is 0 Å². The maximum atomic E-state index is 5.83. The fourth-order valence-electron chi connectivity index (χ4n) is 0.941. The average Bonchev–Trinajstić information content (AvgIpc) is 2.15. The second kappa shape index (κ2) is 4.31. The van der Waals surface area contributed by atoms with Gasteiger partial charge in [-0.05, 0) is 20.8 Å². The highest BCUT2D eigenvalue weighted by molar-refractivity contribution is 5.73. The van der Waals surface area contributed by atoms with Crippen LogP contribution in [-0.4, -0.2) is 22.6 Å². The molecule has 1 aromatic heterocycles. The fraction of sp³-hybridized carbons (Fsp3) is 0.556. The third-order valence-electron chi connectivity index (χ3n) is 1.68. The number of anilines is 3. The largest absolute Gasteiger partial charge is 0.393 e. The van der Waals surface area contributed by atoms with Crippen molar-refractivity contribution in [2.75, 3.05) is 23.5 Å². The monoisotopic (exact) mass is 210 g/mol. The number of nitrogens with one attached hydrogen (secondary N) is 3. The fourth-order valence-corrected chi connectivity index (χ4v) is 0.941. The summed E-state index contributed by atoms with van der Waals surface area (Å²) in [7, 11) is 1.76. The van der Waals surface area contributed by atoms with Gasteiger partial charge in [-0.25, -0.2) is 15.4 Å². The van der Waals surface area contributed by atoms with E-state index in [0.29, 0.717) is 17.3 Å². The maximum absolute atomic E-state index is 5.83. The number of rotatable bonds is 3. The van der Waals surface area contributed by atoms with Crippen molar-refractivity contribution in [3.8, 4) is 0 Å². The van der Waals surface area contributed by atoms with E-state index in [1.54, 1.807) is 7.05 Å². The molecule has 0 saturated carbocycles. The first-order valence-corrected chi connectivity index (χ1v) is 4.75. The number of hydrogen-bond donors (Lipinski definition) is 4. The molecule has 0 bridgehead atoms. The van der Waals surface area contributed by atoms with Crippen molar-refractivity contribution >= 4 is 17.3 Å². The van der Waals surface area contributed by atoms with Crippen molar-refractivity contribution < 1.29 is 0 Å². The third-order valence-corrected chi connectivity index (χ3v) is 1.68. The van der Waals surface area contributed by atoms with Crippen molar-refractivity contribution in [2.45, 2.75) is 26.3 Å². The predicted octanol–water partition coefficient (Wildman–Crippen LogP) is 0.815. The predicted molar refractivity (Wildman–Crippen MR) is 62.5 cm³/mol. The molecule has 1 heterocycles. The molecular weight excluding hydrogens is 192 g/mol. The number of nitrogens with two attached hydrogens (primary N) is 1. The minimum absolute atomic E-state index is 0.0583. The van der Waals surface area contributed by atoms with Crippen molar-refractivity contribution in [1.29, 1.82) is 0 Å². The standard InChI is InChI=1S/C9H18N6/c1-9(2,3)15-14-8-6(10)7(11-4)12-5-13-8/h5,15H,10H2,1-4H3,(H2,11,12,13,14). The van der Waals surface area contributed by atoms with Gasteiger partial charge in [0.2, 0.25) is 0 Å². The zero-order chi connectivity index (χ0) is 11.5. The zero-order valence-electron chi connectivity index (χ0n) is 9.55. The smallest absolute Gasteiger partial charge is 0.169 e. The van der Waals surface area contributed by atoms with Crippen molar-refractivity contribution in [1.82, 2.24) is 15.4 Å². The van der Waals surface area contributed by atoms with Gasteiger partial charge >= 0.3 is 0 Å². The van der Waals surface area contributed by atoms with Crippen LogP contribution < -0.4 is 21.9 Å². The molecule has 0 aliphatic carbocycles. The van der Waals surface area contributed by atoms with Gasteiger partial charge in [0.1, 0.15) is 12.0 Å². The van der Waals surface area contributed by atoms with Crippen LogP contribution in [0.3, 0.4) is 0 Å². The molecular formula is C9H18N6. The van der Waals surface area contributed by atoms with Crippen molar-refractivity contribution in [3.63, 3.8) is 0 Å². The summed E-state index contributed by atoms with van der Waals surface area (Å²) in [5, 5.41) is 2.89. The molecule has 84 valence electrons. The second-order valence-corrected chi connectivity index (χ2v) is 4.23. The molecule has 15 heavy (non-hydrogen) atoms. The van der Waals surface area contributed by atoms with Gasteiger partial charge in [0, 0.05) is 12.6 Å². The SMILES string of the molecule is CNc1ncnc(NNC(C)(C)C)c1N. The summed E-state index contributed by atoms with van der Waals surface area (Å²) in [6.45, 7) is 6.11. The Bertz CT molecular complexity index is 330. The lowest BCUT2D eigenvalue weighted by atomic mass is 10.1. The summed E-state index contributed by atoms with van der Waals surface area (Å²) in [6.07, 6.45) is 1.45. The number of hydrazine groups is 1. The normalized spacial score (nSPS) is 11.2. The van der Waals surface area contributed by atoms with E-state index >= 15 is 0 Å². The minimum Gasteiger partial charge on any atom is -0.393 e. The van der Waals surface area contributed by atoms with E-state index in [0.717, 1.165) is 0 Å². The molecule has 0 fully saturated rings. The van der Waals surface area contributed by atoms with E-state index in [9.17, 15) is 0 Å². The molecule has 0 radical (unpaired) electrons. The van der Waals surface area contributed by atoms with Crippen LogP contribution in [0.2, 0.25) is 0 Å². The Morgan fingerprint density at radius 3 is 2.33 bits per heavy atom. The number of nitrogen functional groups attached to an aromatic ring is 1. The summed E-state index contributed by atoms with van der Waals surface area (Å²) < 4.78 is 0. The lowest BCUT2D eigenvalue weighted by Gasteiger charge is -2.22. The van der Waals surface area contributed by atoms with Crippen LogP contribution in [0.1, 0.15) is 20.8 Å². The zero-order valence-corrected chi connectivity index (χ0v) is 9.55. The number of nitrogens with zero attached hydrogens (tertiary/aromatic N) is 2. The van der Waals surface area contributed by atoms with Gasteiger partial charge in [0.15, 0.2) is 11.6 Å². The molecule has 6 nitrogen and oxygen atoms in total. The van der Waals surface area contributed by atoms with Crippen LogP contribution in [0, 0.1) is 0 Å². The van der Waals surface area contributed by atoms with Gasteiger partial charge < -0.3 is 16.5 Å². The topological polar surface area (TPSA) is 87.9 Å². The summed E-state index contributed by atoms with van der Waals surface area (Å²) in [5.41, 5.74) is 12.3. The van der Waals surface area contributed by atoms with Crippen LogP contribution in [0.4, 0.5) is 17.3 Å². The first-order valence-electron chi connectivity index (χ1n) is 4.75. The van der Waals surface area contributed by atoms with Crippen molar-refractivity contribution in [3.05, 3.63) is 6.33 Å². The molecule has 0 aromatic carbocycles. The van der Waals surface area contributed by atoms with Crippen LogP contribution in [0.25, 0.3) is 0 Å². The van der Waals surface area contributed by atoms with E-state index in [-0.39, 0.29) is 5.54 Å². The first-order chi connectivity index (χ1) is 6.94. The highest BCUT2D eigenvalue weighted by Crippen LogP contribution is 2.21. The van der Waals surface area contributed by atoms with Gasteiger partial charge in [-0.1, -0.05) is 0 Å². The summed E-state index contributed by atoms with van der Waals surface area (Å²) in [6, 6.07) is 0. The van der Waals surface area contributed by atoms with E-state index in [2.05, 4.69) is 26.1 Å². The molecule has 5 N–H and O–H groups in total.